The van der Waals surface area contributed by atoms with Crippen molar-refractivity contribution in [2.24, 2.45) is 11.5 Å². The molecular weight excluding hydrogens is 372 g/mol. The first kappa shape index (κ1) is 19.2. The fourth-order valence-corrected chi connectivity index (χ4v) is 3.58. The molecule has 4 nitrogen and oxygen atoms in total. The number of amides is 2. The second-order valence-corrected chi connectivity index (χ2v) is 6.97. The molecule has 0 aliphatic carbocycles. The molecule has 4 aromatic rings. The maximum Gasteiger partial charge on any atom is 0.249 e. The quantitative estimate of drug-likeness (QED) is 0.507. The fraction of sp³-hybridized carbons (Fsp3) is 0. The van der Waals surface area contributed by atoms with Gasteiger partial charge in [0.1, 0.15) is 0 Å². The number of benzene rings is 4. The molecule has 0 aliphatic heterocycles. The van der Waals surface area contributed by atoms with Gasteiger partial charge in [0.15, 0.2) is 0 Å². The number of primary amides is 2. The largest absolute Gasteiger partial charge is 0.366 e. The average molecular weight is 392 g/mol. The molecule has 4 heteroatoms. The standard InChI is InChI=1S/C26H20N2O2/c27-25(29)23-7-3-1-5-21(23)19-13-9-17(10-14-19)18-11-15-20(16-12-18)22-6-2-4-8-24(22)26(28)30/h1-16H,(H2,27,29)(H2,28,30). The monoisotopic (exact) mass is 392 g/mol. The van der Waals surface area contributed by atoms with Crippen molar-refractivity contribution in [2.75, 3.05) is 0 Å². The molecule has 0 unspecified atom stereocenters. The van der Waals surface area contributed by atoms with Gasteiger partial charge in [0.2, 0.25) is 11.8 Å². The van der Waals surface area contributed by atoms with E-state index in [0.717, 1.165) is 33.4 Å². The number of hydrogen-bond donors (Lipinski definition) is 2. The Hall–Kier alpha value is -4.18. The molecule has 0 aromatic heterocycles. The summed E-state index contributed by atoms with van der Waals surface area (Å²) >= 11 is 0. The van der Waals surface area contributed by atoms with Crippen molar-refractivity contribution in [3.63, 3.8) is 0 Å². The molecule has 4 N–H and O–H groups in total. The second-order valence-electron chi connectivity index (χ2n) is 6.97. The Morgan fingerprint density at radius 3 is 1.07 bits per heavy atom. The Kier molecular flexibility index (Phi) is 5.14. The van der Waals surface area contributed by atoms with Gasteiger partial charge >= 0.3 is 0 Å². The average Bonchev–Trinajstić information content (AvgIpc) is 2.79. The Morgan fingerprint density at radius 2 is 0.733 bits per heavy atom. The van der Waals surface area contributed by atoms with Crippen LogP contribution >= 0.6 is 0 Å². The number of hydrogen-bond acceptors (Lipinski definition) is 2. The molecular formula is C26H20N2O2. The topological polar surface area (TPSA) is 86.2 Å². The molecule has 0 fully saturated rings. The van der Waals surface area contributed by atoms with E-state index in [2.05, 4.69) is 0 Å². The molecule has 0 saturated heterocycles. The van der Waals surface area contributed by atoms with E-state index in [-0.39, 0.29) is 0 Å². The van der Waals surface area contributed by atoms with Crippen LogP contribution in [0.3, 0.4) is 0 Å². The van der Waals surface area contributed by atoms with Gasteiger partial charge in [-0.1, -0.05) is 84.9 Å². The van der Waals surface area contributed by atoms with Gasteiger partial charge in [0, 0.05) is 11.1 Å². The first-order chi connectivity index (χ1) is 14.5. The molecule has 0 aliphatic rings. The SMILES string of the molecule is NC(=O)c1ccccc1-c1ccc(-c2ccc(-c3ccccc3C(N)=O)cc2)cc1. The lowest BCUT2D eigenvalue weighted by Gasteiger charge is -2.10. The highest BCUT2D eigenvalue weighted by molar-refractivity contribution is 6.00. The van der Waals surface area contributed by atoms with Gasteiger partial charge in [-0.25, -0.2) is 0 Å². The minimum Gasteiger partial charge on any atom is -0.366 e. The molecule has 0 saturated carbocycles. The minimum absolute atomic E-state index is 0.443. The van der Waals surface area contributed by atoms with Crippen LogP contribution in [0.4, 0.5) is 0 Å². The van der Waals surface area contributed by atoms with Crippen LogP contribution < -0.4 is 11.5 Å². The summed E-state index contributed by atoms with van der Waals surface area (Å²) in [5.74, 6) is -0.886. The summed E-state index contributed by atoms with van der Waals surface area (Å²) in [7, 11) is 0. The van der Waals surface area contributed by atoms with Crippen LogP contribution in [-0.4, -0.2) is 11.8 Å². The van der Waals surface area contributed by atoms with Crippen LogP contribution in [0.5, 0.6) is 0 Å². The van der Waals surface area contributed by atoms with Crippen molar-refractivity contribution >= 4 is 11.8 Å². The summed E-state index contributed by atoms with van der Waals surface area (Å²) < 4.78 is 0. The molecule has 0 heterocycles. The van der Waals surface area contributed by atoms with E-state index in [0.29, 0.717) is 11.1 Å². The summed E-state index contributed by atoms with van der Waals surface area (Å²) in [4.78, 5) is 23.4. The Bertz CT molecular complexity index is 1130. The van der Waals surface area contributed by atoms with Gasteiger partial charge < -0.3 is 11.5 Å². The second kappa shape index (κ2) is 8.05. The van der Waals surface area contributed by atoms with Gasteiger partial charge in [-0.2, -0.15) is 0 Å². The summed E-state index contributed by atoms with van der Waals surface area (Å²) in [6, 6.07) is 30.6. The van der Waals surface area contributed by atoms with E-state index in [9.17, 15) is 9.59 Å². The first-order valence-corrected chi connectivity index (χ1v) is 9.53. The highest BCUT2D eigenvalue weighted by atomic mass is 16.1. The Labute approximate surface area is 174 Å². The zero-order chi connectivity index (χ0) is 21.1. The molecule has 4 rings (SSSR count). The zero-order valence-electron chi connectivity index (χ0n) is 16.2. The number of rotatable bonds is 5. The maximum atomic E-state index is 11.7. The van der Waals surface area contributed by atoms with Crippen LogP contribution in [0.1, 0.15) is 20.7 Å². The fourth-order valence-electron chi connectivity index (χ4n) is 3.58. The number of carbonyl (C=O) groups is 2. The molecule has 0 bridgehead atoms. The van der Waals surface area contributed by atoms with Crippen LogP contribution in [0.2, 0.25) is 0 Å². The summed E-state index contributed by atoms with van der Waals surface area (Å²) in [5.41, 5.74) is 17.6. The zero-order valence-corrected chi connectivity index (χ0v) is 16.2. The third kappa shape index (κ3) is 3.71. The van der Waals surface area contributed by atoms with Crippen LogP contribution in [0, 0.1) is 0 Å². The lowest BCUT2D eigenvalue weighted by Crippen LogP contribution is -2.12. The van der Waals surface area contributed by atoms with Gasteiger partial charge in [0.25, 0.3) is 0 Å². The van der Waals surface area contributed by atoms with Crippen molar-refractivity contribution in [3.8, 4) is 33.4 Å². The van der Waals surface area contributed by atoms with Gasteiger partial charge in [-0.15, -0.1) is 0 Å². The molecule has 146 valence electrons. The summed E-state index contributed by atoms with van der Waals surface area (Å²) in [5, 5.41) is 0. The summed E-state index contributed by atoms with van der Waals surface area (Å²) in [6.07, 6.45) is 0. The van der Waals surface area contributed by atoms with Crippen molar-refractivity contribution < 1.29 is 9.59 Å². The van der Waals surface area contributed by atoms with E-state index in [1.54, 1.807) is 24.3 Å². The van der Waals surface area contributed by atoms with Crippen molar-refractivity contribution in [2.45, 2.75) is 0 Å². The third-order valence-electron chi connectivity index (χ3n) is 5.11. The Balaban J connectivity index is 1.64. The van der Waals surface area contributed by atoms with E-state index in [4.69, 9.17) is 11.5 Å². The van der Waals surface area contributed by atoms with Crippen LogP contribution in [0.15, 0.2) is 97.1 Å². The molecule has 4 aromatic carbocycles. The highest BCUT2D eigenvalue weighted by Gasteiger charge is 2.11. The predicted octanol–water partition coefficient (Wildman–Crippen LogP) is 4.89. The lowest BCUT2D eigenvalue weighted by molar-refractivity contribution is 0.0992. The Morgan fingerprint density at radius 1 is 0.433 bits per heavy atom. The summed E-state index contributed by atoms with van der Waals surface area (Å²) in [6.45, 7) is 0. The van der Waals surface area contributed by atoms with Crippen molar-refractivity contribution in [1.82, 2.24) is 0 Å². The van der Waals surface area contributed by atoms with E-state index < -0.39 is 11.8 Å². The van der Waals surface area contributed by atoms with E-state index in [1.165, 1.54) is 0 Å². The number of nitrogens with two attached hydrogens (primary N) is 2. The first-order valence-electron chi connectivity index (χ1n) is 9.53. The lowest BCUT2D eigenvalue weighted by atomic mass is 9.95. The molecule has 2 amide bonds. The van der Waals surface area contributed by atoms with Crippen LogP contribution in [0.25, 0.3) is 33.4 Å². The maximum absolute atomic E-state index is 11.7. The van der Waals surface area contributed by atoms with Gasteiger partial charge in [-0.3, -0.25) is 9.59 Å². The highest BCUT2D eigenvalue weighted by Crippen LogP contribution is 2.29. The van der Waals surface area contributed by atoms with E-state index >= 15 is 0 Å². The predicted molar refractivity (Wildman–Crippen MR) is 120 cm³/mol. The number of carbonyl (C=O) groups excluding carboxylic acids is 2. The van der Waals surface area contributed by atoms with Crippen molar-refractivity contribution in [1.29, 1.82) is 0 Å². The molecule has 0 atom stereocenters. The minimum atomic E-state index is -0.443. The molecule has 0 spiro atoms. The molecule has 0 radical (unpaired) electrons. The normalized spacial score (nSPS) is 10.5. The third-order valence-corrected chi connectivity index (χ3v) is 5.11. The smallest absolute Gasteiger partial charge is 0.249 e. The van der Waals surface area contributed by atoms with Crippen molar-refractivity contribution in [3.05, 3.63) is 108 Å². The van der Waals surface area contributed by atoms with E-state index in [1.807, 2.05) is 72.8 Å². The van der Waals surface area contributed by atoms with Gasteiger partial charge in [0.05, 0.1) is 0 Å². The molecule has 30 heavy (non-hydrogen) atoms. The van der Waals surface area contributed by atoms with Crippen LogP contribution in [-0.2, 0) is 0 Å². The van der Waals surface area contributed by atoms with Gasteiger partial charge in [-0.05, 0) is 45.5 Å².